The molecule has 2 aromatic carbocycles. The van der Waals surface area contributed by atoms with Gasteiger partial charge in [-0.15, -0.1) is 0 Å². The molecule has 66 valence electrons. The second-order valence-corrected chi connectivity index (χ2v) is 6.87. The number of hydrogen-bond donors (Lipinski definition) is 0. The van der Waals surface area contributed by atoms with Crippen LogP contribution in [0.15, 0.2) is 60.7 Å². The van der Waals surface area contributed by atoms with E-state index in [1.165, 1.54) is 7.16 Å². The topological polar surface area (TPSA) is 0 Å². The average molecular weight is 275 g/mol. The fourth-order valence-corrected chi connectivity index (χ4v) is 4.21. The quantitative estimate of drug-likeness (QED) is 0.730. The summed E-state index contributed by atoms with van der Waals surface area (Å²) in [6.07, 6.45) is 0. The zero-order chi connectivity index (χ0) is 8.93. The fraction of sp³-hybridized carbons (Fsp3) is 0. The van der Waals surface area contributed by atoms with Gasteiger partial charge in [0.1, 0.15) is 0 Å². The Balaban J connectivity index is 0.000000980. The van der Waals surface area contributed by atoms with Crippen molar-refractivity contribution in [3.05, 3.63) is 60.7 Å². The first-order valence-corrected chi connectivity index (χ1v) is 7.18. The summed E-state index contributed by atoms with van der Waals surface area (Å²) < 4.78 is 3.08. The molecule has 2 radical (unpaired) electrons. The summed E-state index contributed by atoms with van der Waals surface area (Å²) in [7, 11) is 0. The minimum atomic E-state index is -0.517. The summed E-state index contributed by atoms with van der Waals surface area (Å²) >= 11 is -0.517. The van der Waals surface area contributed by atoms with E-state index in [2.05, 4.69) is 60.7 Å². The van der Waals surface area contributed by atoms with Gasteiger partial charge in [0.25, 0.3) is 0 Å². The minimum absolute atomic E-state index is 0. The average Bonchev–Trinajstić information content (AvgIpc) is 2.21. The van der Waals surface area contributed by atoms with Gasteiger partial charge >= 0.3 is 89.0 Å². The summed E-state index contributed by atoms with van der Waals surface area (Å²) in [5, 5.41) is 0. The number of hydrogen-bond acceptors (Lipinski definition) is 0. The van der Waals surface area contributed by atoms with Crippen LogP contribution in [0.3, 0.4) is 0 Å². The molecule has 0 N–H and O–H groups in total. The van der Waals surface area contributed by atoms with Gasteiger partial charge in [-0.3, -0.25) is 0 Å². The maximum atomic E-state index is 2.24. The first-order valence-electron chi connectivity index (χ1n) is 4.32. The van der Waals surface area contributed by atoms with Crippen molar-refractivity contribution in [2.24, 2.45) is 0 Å². The van der Waals surface area contributed by atoms with Crippen molar-refractivity contribution >= 4 is 28.3 Å². The van der Waals surface area contributed by atoms with Gasteiger partial charge in [0.05, 0.1) is 0 Å². The molecule has 2 rings (SSSR count). The molecule has 0 unspecified atom stereocenters. The molecule has 0 aliphatic heterocycles. The number of rotatable bonds is 2. The third kappa shape index (κ3) is 2.59. The predicted molar refractivity (Wildman–Crippen MR) is 60.1 cm³/mol. The van der Waals surface area contributed by atoms with E-state index >= 15 is 0 Å². The molecule has 0 bridgehead atoms. The Morgan fingerprint density at radius 1 is 0.615 bits per heavy atom. The molecule has 0 aromatic heterocycles. The molecule has 0 spiro atoms. The van der Waals surface area contributed by atoms with Crippen LogP contribution in [-0.4, -0.2) is 21.1 Å². The van der Waals surface area contributed by atoms with Crippen LogP contribution in [0.5, 0.6) is 0 Å². The molecule has 0 aliphatic rings. The number of benzene rings is 2. The van der Waals surface area contributed by atoms with E-state index in [1.54, 1.807) is 0 Å². The van der Waals surface area contributed by atoms with Gasteiger partial charge in [0.2, 0.25) is 0 Å². The van der Waals surface area contributed by atoms with Crippen LogP contribution >= 0.6 is 0 Å². The van der Waals surface area contributed by atoms with E-state index in [4.69, 9.17) is 0 Å². The second-order valence-electron chi connectivity index (χ2n) is 2.86. The SMILES string of the molecule is [H-].[H-].c1cc[c]([Sn][c]2ccccc2)cc1. The Kier molecular flexibility index (Phi) is 3.03. The maximum absolute atomic E-state index is 2.24. The first-order chi connectivity index (χ1) is 6.45. The normalized spacial score (nSPS) is 9.85. The van der Waals surface area contributed by atoms with Crippen molar-refractivity contribution in [2.75, 3.05) is 0 Å². The van der Waals surface area contributed by atoms with Crippen LogP contribution in [0, 0.1) is 0 Å². The van der Waals surface area contributed by atoms with Gasteiger partial charge in [0.15, 0.2) is 0 Å². The van der Waals surface area contributed by atoms with E-state index in [0.29, 0.717) is 0 Å². The molecule has 0 nitrogen and oxygen atoms in total. The van der Waals surface area contributed by atoms with E-state index in [9.17, 15) is 0 Å². The molecule has 0 heterocycles. The molecule has 0 aliphatic carbocycles. The monoisotopic (exact) mass is 276 g/mol. The summed E-state index contributed by atoms with van der Waals surface area (Å²) in [6, 6.07) is 21.6. The van der Waals surface area contributed by atoms with Crippen molar-refractivity contribution in [1.29, 1.82) is 0 Å². The van der Waals surface area contributed by atoms with Crippen LogP contribution in [0.2, 0.25) is 0 Å². The molecule has 0 atom stereocenters. The van der Waals surface area contributed by atoms with Crippen molar-refractivity contribution in [2.45, 2.75) is 0 Å². The summed E-state index contributed by atoms with van der Waals surface area (Å²) in [5.74, 6) is 0. The Labute approximate surface area is 91.8 Å². The van der Waals surface area contributed by atoms with Crippen LogP contribution in [0.25, 0.3) is 0 Å². The first kappa shape index (κ1) is 8.82. The molecule has 0 amide bonds. The van der Waals surface area contributed by atoms with Crippen LogP contribution in [0.1, 0.15) is 2.85 Å². The molecule has 0 saturated heterocycles. The van der Waals surface area contributed by atoms with Crippen molar-refractivity contribution in [3.8, 4) is 0 Å². The van der Waals surface area contributed by atoms with Crippen LogP contribution < -0.4 is 7.16 Å². The molecule has 1 heteroatoms. The van der Waals surface area contributed by atoms with E-state index < -0.39 is 21.1 Å². The van der Waals surface area contributed by atoms with Crippen LogP contribution in [-0.2, 0) is 0 Å². The van der Waals surface area contributed by atoms with Gasteiger partial charge in [-0.05, 0) is 0 Å². The van der Waals surface area contributed by atoms with Gasteiger partial charge in [-0.2, -0.15) is 0 Å². The third-order valence-electron chi connectivity index (χ3n) is 1.84. The molecular formula is C12H12Sn-2. The van der Waals surface area contributed by atoms with Crippen molar-refractivity contribution < 1.29 is 2.85 Å². The van der Waals surface area contributed by atoms with Gasteiger partial charge in [0, 0.05) is 0 Å². The Morgan fingerprint density at radius 2 is 1.00 bits per heavy atom. The van der Waals surface area contributed by atoms with Crippen molar-refractivity contribution in [3.63, 3.8) is 0 Å². The van der Waals surface area contributed by atoms with Gasteiger partial charge < -0.3 is 2.85 Å². The molecule has 13 heavy (non-hydrogen) atoms. The molecule has 0 fully saturated rings. The van der Waals surface area contributed by atoms with E-state index in [1.807, 2.05) is 0 Å². The van der Waals surface area contributed by atoms with Crippen molar-refractivity contribution in [1.82, 2.24) is 0 Å². The Hall–Kier alpha value is -0.761. The second kappa shape index (κ2) is 4.47. The summed E-state index contributed by atoms with van der Waals surface area (Å²) in [5.41, 5.74) is 0. The zero-order valence-corrected chi connectivity index (χ0v) is 10.1. The Morgan fingerprint density at radius 3 is 1.38 bits per heavy atom. The fourth-order valence-electron chi connectivity index (χ4n) is 1.21. The standard InChI is InChI=1S/2C6H5.Sn.2H/c2*1-2-4-6-5-3-1;;;/h2*1-5H;;;/q;;;2*-1. The molecule has 2 aromatic rings. The summed E-state index contributed by atoms with van der Waals surface area (Å²) in [6.45, 7) is 0. The van der Waals surface area contributed by atoms with Gasteiger partial charge in [-0.1, -0.05) is 0 Å². The van der Waals surface area contributed by atoms with Gasteiger partial charge in [-0.25, -0.2) is 0 Å². The zero-order valence-electron chi connectivity index (χ0n) is 9.27. The van der Waals surface area contributed by atoms with E-state index in [0.717, 1.165) is 0 Å². The predicted octanol–water partition coefficient (Wildman–Crippen LogP) is 1.57. The van der Waals surface area contributed by atoms with E-state index in [-0.39, 0.29) is 2.85 Å². The molecule has 0 saturated carbocycles. The Bertz CT molecular complexity index is 324. The van der Waals surface area contributed by atoms with Crippen LogP contribution in [0.4, 0.5) is 0 Å². The summed E-state index contributed by atoms with van der Waals surface area (Å²) in [4.78, 5) is 0. The molecular weight excluding hydrogens is 263 g/mol. The third-order valence-corrected chi connectivity index (χ3v) is 5.39.